The number of para-hydroxylation sites is 1. The van der Waals surface area contributed by atoms with Crippen molar-refractivity contribution in [2.75, 3.05) is 33.4 Å². The lowest BCUT2D eigenvalue weighted by atomic mass is 10.1. The molecular formula is C25H28N2O5. The van der Waals surface area contributed by atoms with Crippen LogP contribution in [0.1, 0.15) is 29.0 Å². The molecule has 7 nitrogen and oxygen atoms in total. The molecule has 1 amide bonds. The zero-order valence-electron chi connectivity index (χ0n) is 18.2. The maximum Gasteiger partial charge on any atom is 0.287 e. The molecule has 168 valence electrons. The highest BCUT2D eigenvalue weighted by atomic mass is 16.5. The maximum atomic E-state index is 12.5. The Labute approximate surface area is 186 Å². The van der Waals surface area contributed by atoms with Crippen LogP contribution in [0.25, 0.3) is 11.0 Å². The van der Waals surface area contributed by atoms with Crippen LogP contribution in [0.2, 0.25) is 0 Å². The number of nitrogens with zero attached hydrogens (tertiary/aromatic N) is 1. The fourth-order valence-electron chi connectivity index (χ4n) is 3.85. The van der Waals surface area contributed by atoms with Crippen LogP contribution in [0.3, 0.4) is 0 Å². The first-order valence-corrected chi connectivity index (χ1v) is 10.9. The zero-order valence-corrected chi connectivity index (χ0v) is 18.2. The summed E-state index contributed by atoms with van der Waals surface area (Å²) in [5, 5.41) is 3.26. The van der Waals surface area contributed by atoms with Crippen LogP contribution in [0.5, 0.6) is 5.75 Å². The summed E-state index contributed by atoms with van der Waals surface area (Å²) >= 11 is 0. The molecule has 1 aliphatic rings. The van der Waals surface area contributed by atoms with Crippen LogP contribution in [0.4, 0.5) is 0 Å². The Morgan fingerprint density at radius 2 is 1.94 bits per heavy atom. The predicted octanol–water partition coefficient (Wildman–Crippen LogP) is 3.21. The Kier molecular flexibility index (Phi) is 7.19. The SMILES string of the molecule is CN(CCOc1cccc(CNC(=O)c2cc(=O)c3ccccc3o2)c1)C1CCOCC1. The van der Waals surface area contributed by atoms with Crippen LogP contribution in [0.15, 0.2) is 63.8 Å². The Bertz CT molecular complexity index is 1120. The van der Waals surface area contributed by atoms with E-state index in [1.165, 1.54) is 6.07 Å². The number of rotatable bonds is 8. The minimum Gasteiger partial charge on any atom is -0.492 e. The molecule has 3 aromatic rings. The molecule has 0 saturated carbocycles. The third kappa shape index (κ3) is 5.55. The van der Waals surface area contributed by atoms with Crippen molar-refractivity contribution in [1.29, 1.82) is 0 Å². The molecule has 0 spiro atoms. The number of carbonyl (C=O) groups excluding carboxylic acids is 1. The summed E-state index contributed by atoms with van der Waals surface area (Å²) in [7, 11) is 2.12. The van der Waals surface area contributed by atoms with Gasteiger partial charge in [0.1, 0.15) is 17.9 Å². The lowest BCUT2D eigenvalue weighted by molar-refractivity contribution is 0.0392. The summed E-state index contributed by atoms with van der Waals surface area (Å²) in [4.78, 5) is 27.0. The highest BCUT2D eigenvalue weighted by Gasteiger charge is 2.18. The van der Waals surface area contributed by atoms with E-state index in [0.29, 0.717) is 30.2 Å². The van der Waals surface area contributed by atoms with Crippen molar-refractivity contribution in [3.8, 4) is 5.75 Å². The average molecular weight is 437 g/mol. The summed E-state index contributed by atoms with van der Waals surface area (Å²) in [6.07, 6.45) is 2.12. The molecule has 4 rings (SSSR count). The van der Waals surface area contributed by atoms with Crippen LogP contribution < -0.4 is 15.5 Å². The van der Waals surface area contributed by atoms with Gasteiger partial charge in [-0.25, -0.2) is 0 Å². The van der Waals surface area contributed by atoms with E-state index in [-0.39, 0.29) is 11.2 Å². The van der Waals surface area contributed by atoms with Gasteiger partial charge in [-0.2, -0.15) is 0 Å². The van der Waals surface area contributed by atoms with Gasteiger partial charge in [-0.1, -0.05) is 24.3 Å². The molecule has 2 heterocycles. The van der Waals surface area contributed by atoms with Gasteiger partial charge in [0.25, 0.3) is 5.91 Å². The third-order valence-corrected chi connectivity index (χ3v) is 5.74. The van der Waals surface area contributed by atoms with E-state index in [1.807, 2.05) is 24.3 Å². The summed E-state index contributed by atoms with van der Waals surface area (Å²) in [5.41, 5.74) is 1.06. The van der Waals surface area contributed by atoms with Crippen LogP contribution in [0, 0.1) is 0 Å². The molecule has 1 N–H and O–H groups in total. The average Bonchev–Trinajstić information content (AvgIpc) is 2.83. The molecule has 0 aliphatic carbocycles. The number of carbonyl (C=O) groups is 1. The maximum absolute atomic E-state index is 12.5. The number of ether oxygens (including phenoxy) is 2. The monoisotopic (exact) mass is 436 g/mol. The van der Waals surface area contributed by atoms with E-state index in [4.69, 9.17) is 13.9 Å². The van der Waals surface area contributed by atoms with Crippen molar-refractivity contribution in [2.45, 2.75) is 25.4 Å². The van der Waals surface area contributed by atoms with Crippen molar-refractivity contribution in [3.63, 3.8) is 0 Å². The van der Waals surface area contributed by atoms with Gasteiger partial charge in [0.2, 0.25) is 0 Å². The number of hydrogen-bond acceptors (Lipinski definition) is 6. The van der Waals surface area contributed by atoms with E-state index in [1.54, 1.807) is 24.3 Å². The standard InChI is InChI=1S/C25H28N2O5/c1-27(19-9-12-30-13-10-19)11-14-31-20-6-4-5-18(15-20)17-26-25(29)24-16-22(28)21-7-2-3-8-23(21)32-24/h2-8,15-16,19H,9-14,17H2,1H3,(H,26,29). The van der Waals surface area contributed by atoms with Crippen LogP contribution in [-0.2, 0) is 11.3 Å². The highest BCUT2D eigenvalue weighted by Crippen LogP contribution is 2.16. The summed E-state index contributed by atoms with van der Waals surface area (Å²) in [6, 6.07) is 16.3. The predicted molar refractivity (Wildman–Crippen MR) is 122 cm³/mol. The van der Waals surface area contributed by atoms with Crippen molar-refractivity contribution in [3.05, 3.63) is 76.1 Å². The van der Waals surface area contributed by atoms with Crippen molar-refractivity contribution >= 4 is 16.9 Å². The lowest BCUT2D eigenvalue weighted by Crippen LogP contribution is -2.38. The molecule has 0 unspecified atom stereocenters. The Morgan fingerprint density at radius 3 is 2.78 bits per heavy atom. The van der Waals surface area contributed by atoms with Gasteiger partial charge >= 0.3 is 0 Å². The number of amides is 1. The van der Waals surface area contributed by atoms with E-state index in [9.17, 15) is 9.59 Å². The fraction of sp³-hybridized carbons (Fsp3) is 0.360. The molecule has 2 aromatic carbocycles. The number of likely N-dealkylation sites (N-methyl/N-ethyl adjacent to an activating group) is 1. The van der Waals surface area contributed by atoms with E-state index < -0.39 is 5.91 Å². The first-order chi connectivity index (χ1) is 15.6. The lowest BCUT2D eigenvalue weighted by Gasteiger charge is -2.31. The largest absolute Gasteiger partial charge is 0.492 e. The van der Waals surface area contributed by atoms with E-state index >= 15 is 0 Å². The van der Waals surface area contributed by atoms with Gasteiger partial charge in [-0.05, 0) is 49.7 Å². The molecule has 0 atom stereocenters. The smallest absolute Gasteiger partial charge is 0.287 e. The minimum absolute atomic E-state index is 0.00254. The third-order valence-electron chi connectivity index (χ3n) is 5.74. The topological polar surface area (TPSA) is 81.0 Å². The quantitative estimate of drug-likeness (QED) is 0.584. The molecular weight excluding hydrogens is 408 g/mol. The van der Waals surface area contributed by atoms with Crippen LogP contribution >= 0.6 is 0 Å². The zero-order chi connectivity index (χ0) is 22.3. The molecule has 0 bridgehead atoms. The molecule has 1 fully saturated rings. The van der Waals surface area contributed by atoms with Gasteiger partial charge in [-0.3, -0.25) is 14.5 Å². The van der Waals surface area contributed by atoms with E-state index in [2.05, 4.69) is 17.3 Å². The van der Waals surface area contributed by atoms with Crippen molar-refractivity contribution in [2.24, 2.45) is 0 Å². The highest BCUT2D eigenvalue weighted by molar-refractivity contribution is 5.93. The summed E-state index contributed by atoms with van der Waals surface area (Å²) in [5.74, 6) is 0.323. The van der Waals surface area contributed by atoms with Crippen molar-refractivity contribution < 1.29 is 18.7 Å². The number of fused-ring (bicyclic) bond motifs is 1. The number of nitrogens with one attached hydrogen (secondary N) is 1. The van der Waals surface area contributed by atoms with Gasteiger partial charge in [0, 0.05) is 38.4 Å². The summed E-state index contributed by atoms with van der Waals surface area (Å²) < 4.78 is 16.9. The second kappa shape index (κ2) is 10.4. The van der Waals surface area contributed by atoms with Gasteiger partial charge < -0.3 is 19.2 Å². The normalized spacial score (nSPS) is 14.6. The minimum atomic E-state index is -0.433. The molecule has 32 heavy (non-hydrogen) atoms. The number of benzene rings is 2. The first-order valence-electron chi connectivity index (χ1n) is 10.9. The molecule has 0 radical (unpaired) electrons. The Balaban J connectivity index is 1.30. The Morgan fingerprint density at radius 1 is 1.12 bits per heavy atom. The van der Waals surface area contributed by atoms with Crippen molar-refractivity contribution in [1.82, 2.24) is 10.2 Å². The second-order valence-corrected chi connectivity index (χ2v) is 7.97. The van der Waals surface area contributed by atoms with Gasteiger partial charge in [0.15, 0.2) is 11.2 Å². The fourth-order valence-corrected chi connectivity index (χ4v) is 3.85. The second-order valence-electron chi connectivity index (χ2n) is 7.97. The summed E-state index contributed by atoms with van der Waals surface area (Å²) in [6.45, 7) is 3.38. The van der Waals surface area contributed by atoms with Gasteiger partial charge in [-0.15, -0.1) is 0 Å². The molecule has 7 heteroatoms. The first kappa shape index (κ1) is 22.0. The Hall–Kier alpha value is -3.16. The number of hydrogen-bond donors (Lipinski definition) is 1. The molecule has 1 saturated heterocycles. The van der Waals surface area contributed by atoms with Crippen LogP contribution in [-0.4, -0.2) is 50.3 Å². The van der Waals surface area contributed by atoms with E-state index in [0.717, 1.165) is 43.9 Å². The molecule has 1 aliphatic heterocycles. The van der Waals surface area contributed by atoms with Gasteiger partial charge in [0.05, 0.1) is 5.39 Å². The molecule has 1 aromatic heterocycles.